The van der Waals surface area contributed by atoms with Crippen LogP contribution in [0.15, 0.2) is 30.6 Å². The summed E-state index contributed by atoms with van der Waals surface area (Å²) < 4.78 is 0. The minimum atomic E-state index is 0.965. The highest BCUT2D eigenvalue weighted by Gasteiger charge is 2.22. The summed E-state index contributed by atoms with van der Waals surface area (Å²) >= 11 is 0. The molecule has 0 aliphatic carbocycles. The molecule has 4 heteroatoms. The first kappa shape index (κ1) is 12.8. The van der Waals surface area contributed by atoms with Gasteiger partial charge in [0.15, 0.2) is 0 Å². The topological polar surface area (TPSA) is 41.1 Å². The van der Waals surface area contributed by atoms with Crippen molar-refractivity contribution in [3.8, 4) is 0 Å². The Kier molecular flexibility index (Phi) is 3.31. The summed E-state index contributed by atoms with van der Waals surface area (Å²) in [5.74, 6) is 1.15. The van der Waals surface area contributed by atoms with Crippen molar-refractivity contribution in [2.24, 2.45) is 0 Å². The van der Waals surface area contributed by atoms with Gasteiger partial charge in [-0.3, -0.25) is 0 Å². The summed E-state index contributed by atoms with van der Waals surface area (Å²) in [6.07, 6.45) is 4.88. The predicted octanol–water partition coefficient (Wildman–Crippen LogP) is 1.73. The summed E-state index contributed by atoms with van der Waals surface area (Å²) in [6, 6.07) is 8.75. The second kappa shape index (κ2) is 5.45. The predicted molar refractivity (Wildman–Crippen MR) is 83.5 cm³/mol. The van der Waals surface area contributed by atoms with Crippen molar-refractivity contribution in [2.45, 2.75) is 25.8 Å². The Morgan fingerprint density at radius 1 is 0.952 bits per heavy atom. The van der Waals surface area contributed by atoms with Crippen LogP contribution in [0.4, 0.5) is 5.82 Å². The van der Waals surface area contributed by atoms with E-state index in [0.717, 1.165) is 51.3 Å². The number of anilines is 1. The quantitative estimate of drug-likeness (QED) is 0.864. The average Bonchev–Trinajstić information content (AvgIpc) is 2.79. The standard InChI is InChI=1S/C17H20N4/c1-2-4-14-11-21(10-7-13(14)3-1)17-15-5-8-18-9-6-16(15)19-12-20-17/h1-4,12,18H,5-11H2. The van der Waals surface area contributed by atoms with Crippen LogP contribution < -0.4 is 10.2 Å². The number of hydrogen-bond acceptors (Lipinski definition) is 4. The lowest BCUT2D eigenvalue weighted by atomic mass is 9.99. The summed E-state index contributed by atoms with van der Waals surface area (Å²) in [6.45, 7) is 4.06. The van der Waals surface area contributed by atoms with Crippen LogP contribution in [0.1, 0.15) is 22.4 Å². The molecule has 2 aliphatic rings. The van der Waals surface area contributed by atoms with Crippen LogP contribution in [-0.2, 0) is 25.8 Å². The number of aromatic nitrogens is 2. The van der Waals surface area contributed by atoms with Crippen LogP contribution >= 0.6 is 0 Å². The van der Waals surface area contributed by atoms with Gasteiger partial charge in [-0.15, -0.1) is 0 Å². The fourth-order valence-electron chi connectivity index (χ4n) is 3.40. The molecule has 0 fully saturated rings. The van der Waals surface area contributed by atoms with Crippen LogP contribution in [0, 0.1) is 0 Å². The normalized spacial score (nSPS) is 17.8. The maximum Gasteiger partial charge on any atom is 0.135 e. The van der Waals surface area contributed by atoms with E-state index in [0.29, 0.717) is 0 Å². The highest BCUT2D eigenvalue weighted by atomic mass is 15.2. The molecule has 0 atom stereocenters. The summed E-state index contributed by atoms with van der Waals surface area (Å²) in [5, 5.41) is 3.45. The zero-order valence-corrected chi connectivity index (χ0v) is 12.2. The van der Waals surface area contributed by atoms with Gasteiger partial charge in [-0.2, -0.15) is 0 Å². The smallest absolute Gasteiger partial charge is 0.135 e. The van der Waals surface area contributed by atoms with E-state index in [2.05, 4.69) is 44.5 Å². The molecule has 0 spiro atoms. The van der Waals surface area contributed by atoms with Crippen LogP contribution in [0.25, 0.3) is 0 Å². The Morgan fingerprint density at radius 2 is 1.81 bits per heavy atom. The molecule has 108 valence electrons. The highest BCUT2D eigenvalue weighted by molar-refractivity contribution is 5.51. The molecule has 0 saturated heterocycles. The maximum absolute atomic E-state index is 4.62. The van der Waals surface area contributed by atoms with Gasteiger partial charge >= 0.3 is 0 Å². The molecule has 1 aromatic heterocycles. The number of fused-ring (bicyclic) bond motifs is 2. The highest BCUT2D eigenvalue weighted by Crippen LogP contribution is 2.27. The molecule has 0 unspecified atom stereocenters. The third-order valence-electron chi connectivity index (χ3n) is 4.53. The molecule has 0 amide bonds. The van der Waals surface area contributed by atoms with Gasteiger partial charge in [0.05, 0.1) is 5.69 Å². The molecule has 21 heavy (non-hydrogen) atoms. The van der Waals surface area contributed by atoms with Gasteiger partial charge in [-0.05, 0) is 30.5 Å². The number of rotatable bonds is 1. The van der Waals surface area contributed by atoms with Gasteiger partial charge in [0.2, 0.25) is 0 Å². The van der Waals surface area contributed by atoms with E-state index in [-0.39, 0.29) is 0 Å². The molecule has 0 saturated carbocycles. The Hall–Kier alpha value is -1.94. The van der Waals surface area contributed by atoms with Crippen LogP contribution in [0.5, 0.6) is 0 Å². The number of hydrogen-bond donors (Lipinski definition) is 1. The molecule has 1 N–H and O–H groups in total. The van der Waals surface area contributed by atoms with Crippen molar-refractivity contribution < 1.29 is 0 Å². The molecule has 2 aromatic rings. The van der Waals surface area contributed by atoms with Gasteiger partial charge in [0, 0.05) is 31.6 Å². The van der Waals surface area contributed by atoms with Crippen molar-refractivity contribution in [1.82, 2.24) is 15.3 Å². The fraction of sp³-hybridized carbons (Fsp3) is 0.412. The van der Waals surface area contributed by atoms with Crippen molar-refractivity contribution in [1.29, 1.82) is 0 Å². The van der Waals surface area contributed by atoms with Gasteiger partial charge in [-0.25, -0.2) is 9.97 Å². The van der Waals surface area contributed by atoms with Crippen molar-refractivity contribution in [3.63, 3.8) is 0 Å². The Morgan fingerprint density at radius 3 is 2.76 bits per heavy atom. The second-order valence-electron chi connectivity index (χ2n) is 5.81. The molecule has 1 aromatic carbocycles. The largest absolute Gasteiger partial charge is 0.352 e. The molecule has 3 heterocycles. The monoisotopic (exact) mass is 280 g/mol. The lowest BCUT2D eigenvalue weighted by Crippen LogP contribution is -2.32. The first-order chi connectivity index (χ1) is 10.4. The number of nitrogens with zero attached hydrogens (tertiary/aromatic N) is 3. The number of benzene rings is 1. The van der Waals surface area contributed by atoms with E-state index in [1.165, 1.54) is 22.4 Å². The molecule has 2 aliphatic heterocycles. The minimum Gasteiger partial charge on any atom is -0.352 e. The summed E-state index contributed by atoms with van der Waals surface area (Å²) in [7, 11) is 0. The van der Waals surface area contributed by atoms with E-state index >= 15 is 0 Å². The summed E-state index contributed by atoms with van der Waals surface area (Å²) in [4.78, 5) is 11.5. The molecule has 4 nitrogen and oxygen atoms in total. The Bertz CT molecular complexity index is 653. The van der Waals surface area contributed by atoms with Crippen molar-refractivity contribution in [3.05, 3.63) is 53.0 Å². The SMILES string of the molecule is c1ccc2c(c1)CCN(c1ncnc3c1CCNCC3)C2. The molecule has 4 rings (SSSR count). The Balaban J connectivity index is 1.69. The van der Waals surface area contributed by atoms with E-state index in [1.807, 2.05) is 0 Å². The molecular weight excluding hydrogens is 260 g/mol. The van der Waals surface area contributed by atoms with Crippen LogP contribution in [-0.4, -0.2) is 29.6 Å². The third-order valence-corrected chi connectivity index (χ3v) is 4.53. The lowest BCUT2D eigenvalue weighted by Gasteiger charge is -2.31. The zero-order valence-electron chi connectivity index (χ0n) is 12.2. The molecular formula is C17H20N4. The minimum absolute atomic E-state index is 0.965. The van der Waals surface area contributed by atoms with Crippen LogP contribution in [0.3, 0.4) is 0 Å². The molecule has 0 bridgehead atoms. The number of nitrogens with one attached hydrogen (secondary N) is 1. The van der Waals surface area contributed by atoms with E-state index < -0.39 is 0 Å². The van der Waals surface area contributed by atoms with Gasteiger partial charge in [0.1, 0.15) is 12.1 Å². The van der Waals surface area contributed by atoms with E-state index in [9.17, 15) is 0 Å². The van der Waals surface area contributed by atoms with Gasteiger partial charge in [0.25, 0.3) is 0 Å². The third kappa shape index (κ3) is 2.40. The van der Waals surface area contributed by atoms with Crippen molar-refractivity contribution in [2.75, 3.05) is 24.5 Å². The van der Waals surface area contributed by atoms with E-state index in [1.54, 1.807) is 6.33 Å². The van der Waals surface area contributed by atoms with Gasteiger partial charge < -0.3 is 10.2 Å². The second-order valence-corrected chi connectivity index (χ2v) is 5.81. The van der Waals surface area contributed by atoms with E-state index in [4.69, 9.17) is 0 Å². The maximum atomic E-state index is 4.62. The fourth-order valence-corrected chi connectivity index (χ4v) is 3.40. The van der Waals surface area contributed by atoms with Gasteiger partial charge in [-0.1, -0.05) is 24.3 Å². The Labute approximate surface area is 125 Å². The lowest BCUT2D eigenvalue weighted by molar-refractivity contribution is 0.701. The first-order valence-electron chi connectivity index (χ1n) is 7.77. The summed E-state index contributed by atoms with van der Waals surface area (Å²) in [5.41, 5.74) is 5.49. The molecule has 0 radical (unpaired) electrons. The van der Waals surface area contributed by atoms with Crippen LogP contribution in [0.2, 0.25) is 0 Å². The van der Waals surface area contributed by atoms with Crippen molar-refractivity contribution >= 4 is 5.82 Å². The zero-order chi connectivity index (χ0) is 14.1. The first-order valence-corrected chi connectivity index (χ1v) is 7.77. The average molecular weight is 280 g/mol.